The van der Waals surface area contributed by atoms with Gasteiger partial charge in [0, 0.05) is 25.8 Å². The topological polar surface area (TPSA) is 62.3 Å². The third-order valence-corrected chi connectivity index (χ3v) is 5.61. The second-order valence-corrected chi connectivity index (χ2v) is 7.34. The minimum absolute atomic E-state index is 0.170. The van der Waals surface area contributed by atoms with Gasteiger partial charge in [-0.05, 0) is 31.0 Å². The maximum absolute atomic E-state index is 12.6. The maximum atomic E-state index is 12.6. The smallest absolute Gasteiger partial charge is 0.260 e. The fourth-order valence-corrected chi connectivity index (χ4v) is 3.96. The van der Waals surface area contributed by atoms with Gasteiger partial charge in [-0.2, -0.15) is 4.31 Å². The van der Waals surface area contributed by atoms with Crippen molar-refractivity contribution >= 4 is 10.0 Å². The number of hydrogen-bond acceptors (Lipinski definition) is 4. The molecule has 6 heteroatoms. The second-order valence-electron chi connectivity index (χ2n) is 5.46. The molecule has 1 N–H and O–H groups in total. The molecule has 0 aliphatic carbocycles. The average molecular weight is 311 g/mol. The average Bonchev–Trinajstić information content (AvgIpc) is 2.45. The van der Waals surface area contributed by atoms with Gasteiger partial charge in [0.05, 0.1) is 0 Å². The highest BCUT2D eigenvalue weighted by Crippen LogP contribution is 2.18. The number of pyridine rings is 1. The zero-order valence-electron chi connectivity index (χ0n) is 12.7. The fourth-order valence-electron chi connectivity index (χ4n) is 2.53. The molecule has 0 atom stereocenters. The number of aromatic nitrogens is 1. The Labute approximate surface area is 127 Å². The van der Waals surface area contributed by atoms with Gasteiger partial charge < -0.3 is 5.32 Å². The Hall–Kier alpha value is -0.980. The first-order chi connectivity index (χ1) is 10.1. The summed E-state index contributed by atoms with van der Waals surface area (Å²) in [6.07, 6.45) is 6.97. The summed E-state index contributed by atoms with van der Waals surface area (Å²) in [6, 6.07) is 3.47. The van der Waals surface area contributed by atoms with E-state index in [0.717, 1.165) is 37.8 Å². The number of sulfonamides is 1. The largest absolute Gasteiger partial charge is 0.313 e. The minimum Gasteiger partial charge on any atom is -0.313 e. The minimum atomic E-state index is -3.44. The van der Waals surface area contributed by atoms with Gasteiger partial charge in [-0.1, -0.05) is 32.3 Å². The quantitative estimate of drug-likeness (QED) is 0.905. The van der Waals surface area contributed by atoms with Gasteiger partial charge in [0.25, 0.3) is 10.0 Å². The summed E-state index contributed by atoms with van der Waals surface area (Å²) in [7, 11) is -3.44. The Kier molecular flexibility index (Phi) is 6.14. The van der Waals surface area contributed by atoms with Crippen molar-refractivity contribution in [3.8, 4) is 0 Å². The van der Waals surface area contributed by atoms with Crippen LogP contribution in [0.15, 0.2) is 23.4 Å². The van der Waals surface area contributed by atoms with Crippen LogP contribution in [0.2, 0.25) is 0 Å². The molecule has 0 aromatic carbocycles. The molecule has 118 valence electrons. The molecule has 0 saturated carbocycles. The van der Waals surface area contributed by atoms with Crippen LogP contribution in [0, 0.1) is 0 Å². The van der Waals surface area contributed by atoms with Crippen molar-refractivity contribution in [1.82, 2.24) is 14.6 Å². The first kappa shape index (κ1) is 16.4. The van der Waals surface area contributed by atoms with Gasteiger partial charge in [0.2, 0.25) is 0 Å². The fraction of sp³-hybridized carbons (Fsp3) is 0.667. The Morgan fingerprint density at radius 2 is 1.81 bits per heavy atom. The van der Waals surface area contributed by atoms with E-state index >= 15 is 0 Å². The molecule has 0 amide bonds. The lowest BCUT2D eigenvalue weighted by Crippen LogP contribution is -2.34. The molecular weight excluding hydrogens is 286 g/mol. The van der Waals surface area contributed by atoms with Gasteiger partial charge in [0.15, 0.2) is 5.03 Å². The van der Waals surface area contributed by atoms with Crippen LogP contribution in [0.4, 0.5) is 0 Å². The van der Waals surface area contributed by atoms with Crippen LogP contribution in [-0.2, 0) is 16.6 Å². The van der Waals surface area contributed by atoms with Gasteiger partial charge in [-0.15, -0.1) is 0 Å². The molecule has 1 aromatic heterocycles. The van der Waals surface area contributed by atoms with Crippen LogP contribution in [0.5, 0.6) is 0 Å². The third kappa shape index (κ3) is 4.49. The summed E-state index contributed by atoms with van der Waals surface area (Å²) in [4.78, 5) is 4.16. The van der Waals surface area contributed by atoms with Crippen LogP contribution >= 0.6 is 0 Å². The van der Waals surface area contributed by atoms with Gasteiger partial charge >= 0.3 is 0 Å². The lowest BCUT2D eigenvalue weighted by molar-refractivity contribution is 0.363. The summed E-state index contributed by atoms with van der Waals surface area (Å²) in [5.41, 5.74) is 1.00. The predicted octanol–water partition coefficient (Wildman–Crippen LogP) is 2.15. The van der Waals surface area contributed by atoms with Crippen molar-refractivity contribution in [2.24, 2.45) is 0 Å². The highest BCUT2D eigenvalue weighted by atomic mass is 32.2. The molecule has 1 aliphatic heterocycles. The number of nitrogens with zero attached hydrogens (tertiary/aromatic N) is 2. The maximum Gasteiger partial charge on any atom is 0.260 e. The van der Waals surface area contributed by atoms with Crippen molar-refractivity contribution < 1.29 is 8.42 Å². The summed E-state index contributed by atoms with van der Waals surface area (Å²) in [6.45, 7) is 4.86. The molecule has 2 rings (SSSR count). The zero-order chi connectivity index (χ0) is 15.1. The highest BCUT2D eigenvalue weighted by molar-refractivity contribution is 7.89. The van der Waals surface area contributed by atoms with Crippen molar-refractivity contribution in [2.75, 3.05) is 19.6 Å². The molecule has 0 bridgehead atoms. The normalized spacial score (nSPS) is 18.1. The highest BCUT2D eigenvalue weighted by Gasteiger charge is 2.25. The SMILES string of the molecule is CCNCc1ccc(S(=O)(=O)N2CCCCCCC2)nc1. The summed E-state index contributed by atoms with van der Waals surface area (Å²) < 4.78 is 26.8. The standard InChI is InChI=1S/C15H25N3O2S/c1-2-16-12-14-8-9-15(17-13-14)21(19,20)18-10-6-4-3-5-7-11-18/h8-9,13,16H,2-7,10-12H2,1H3. The lowest BCUT2D eigenvalue weighted by Gasteiger charge is -2.23. The van der Waals surface area contributed by atoms with E-state index in [-0.39, 0.29) is 5.03 Å². The molecule has 5 nitrogen and oxygen atoms in total. The molecule has 0 unspecified atom stereocenters. The van der Waals surface area contributed by atoms with E-state index < -0.39 is 10.0 Å². The number of hydrogen-bond donors (Lipinski definition) is 1. The van der Waals surface area contributed by atoms with Crippen LogP contribution in [0.1, 0.15) is 44.6 Å². The zero-order valence-corrected chi connectivity index (χ0v) is 13.5. The molecule has 1 saturated heterocycles. The van der Waals surface area contributed by atoms with E-state index in [9.17, 15) is 8.42 Å². The van der Waals surface area contributed by atoms with E-state index in [1.807, 2.05) is 13.0 Å². The first-order valence-corrected chi connectivity index (χ1v) is 9.24. The lowest BCUT2D eigenvalue weighted by atomic mass is 10.1. The summed E-state index contributed by atoms with van der Waals surface area (Å²) >= 11 is 0. The first-order valence-electron chi connectivity index (χ1n) is 7.80. The van der Waals surface area contributed by atoms with Gasteiger partial charge in [-0.25, -0.2) is 13.4 Å². The molecule has 1 fully saturated rings. The van der Waals surface area contributed by atoms with Crippen molar-refractivity contribution in [1.29, 1.82) is 0 Å². The van der Waals surface area contributed by atoms with Crippen LogP contribution in [-0.4, -0.2) is 37.3 Å². The number of rotatable bonds is 5. The van der Waals surface area contributed by atoms with Crippen LogP contribution in [0.25, 0.3) is 0 Å². The van der Waals surface area contributed by atoms with Crippen LogP contribution in [0.3, 0.4) is 0 Å². The van der Waals surface area contributed by atoms with E-state index in [0.29, 0.717) is 19.6 Å². The second kappa shape index (κ2) is 7.87. The molecule has 1 aromatic rings. The molecule has 21 heavy (non-hydrogen) atoms. The molecule has 0 radical (unpaired) electrons. The number of nitrogens with one attached hydrogen (secondary N) is 1. The Morgan fingerprint density at radius 3 is 2.38 bits per heavy atom. The predicted molar refractivity (Wildman–Crippen MR) is 83.5 cm³/mol. The van der Waals surface area contributed by atoms with Crippen LogP contribution < -0.4 is 5.32 Å². The van der Waals surface area contributed by atoms with E-state index in [1.54, 1.807) is 16.6 Å². The Balaban J connectivity index is 2.10. The van der Waals surface area contributed by atoms with Crippen molar-refractivity contribution in [3.05, 3.63) is 23.9 Å². The summed E-state index contributed by atoms with van der Waals surface area (Å²) in [5, 5.41) is 3.37. The third-order valence-electron chi connectivity index (χ3n) is 3.80. The van der Waals surface area contributed by atoms with Gasteiger partial charge in [0.1, 0.15) is 0 Å². The van der Waals surface area contributed by atoms with Gasteiger partial charge in [-0.3, -0.25) is 0 Å². The van der Waals surface area contributed by atoms with E-state index in [2.05, 4.69) is 10.3 Å². The van der Waals surface area contributed by atoms with E-state index in [4.69, 9.17) is 0 Å². The van der Waals surface area contributed by atoms with E-state index in [1.165, 1.54) is 6.42 Å². The monoisotopic (exact) mass is 311 g/mol. The molecule has 1 aliphatic rings. The molecular formula is C15H25N3O2S. The summed E-state index contributed by atoms with van der Waals surface area (Å²) in [5.74, 6) is 0. The van der Waals surface area contributed by atoms with Crippen molar-refractivity contribution in [2.45, 2.75) is 50.6 Å². The molecule has 0 spiro atoms. The Morgan fingerprint density at radius 1 is 1.14 bits per heavy atom. The molecule has 2 heterocycles. The van der Waals surface area contributed by atoms with Crippen molar-refractivity contribution in [3.63, 3.8) is 0 Å². The Bertz CT molecular complexity index is 520.